The second-order valence-electron chi connectivity index (χ2n) is 8.46. The maximum absolute atomic E-state index is 13.7. The Morgan fingerprint density at radius 1 is 1.34 bits per heavy atom. The van der Waals surface area contributed by atoms with Gasteiger partial charge in [-0.25, -0.2) is 4.39 Å². The van der Waals surface area contributed by atoms with Crippen molar-refractivity contribution in [2.75, 3.05) is 33.4 Å². The van der Waals surface area contributed by atoms with Gasteiger partial charge in [-0.3, -0.25) is 34.6 Å². The molecule has 3 unspecified atom stereocenters. The minimum atomic E-state index is -1.42. The molecular formula is C22H36F2N6O2. The van der Waals surface area contributed by atoms with Crippen molar-refractivity contribution >= 4 is 11.7 Å². The van der Waals surface area contributed by atoms with Gasteiger partial charge < -0.3 is 9.88 Å². The molecule has 1 aromatic heterocycles. The number of ketones is 1. The molecule has 0 aromatic carbocycles. The summed E-state index contributed by atoms with van der Waals surface area (Å²) in [5.74, 6) is -0.217. The molecule has 1 aliphatic rings. The lowest BCUT2D eigenvalue weighted by Gasteiger charge is -2.25. The van der Waals surface area contributed by atoms with Crippen LogP contribution in [0.25, 0.3) is 0 Å². The van der Waals surface area contributed by atoms with Gasteiger partial charge in [0.1, 0.15) is 11.5 Å². The minimum absolute atomic E-state index is 0.0249. The summed E-state index contributed by atoms with van der Waals surface area (Å²) >= 11 is 0. The van der Waals surface area contributed by atoms with Crippen molar-refractivity contribution in [3.8, 4) is 0 Å². The fourth-order valence-corrected chi connectivity index (χ4v) is 3.57. The van der Waals surface area contributed by atoms with E-state index in [9.17, 15) is 18.4 Å². The van der Waals surface area contributed by atoms with Gasteiger partial charge in [-0.15, -0.1) is 0 Å². The number of Topliss-reactive ketones (excluding diaryl/α,β-unsaturated/α-hetero) is 1. The summed E-state index contributed by atoms with van der Waals surface area (Å²) in [4.78, 5) is 38.5. The Bertz CT molecular complexity index is 872. The molecule has 0 spiro atoms. The van der Waals surface area contributed by atoms with E-state index in [1.54, 1.807) is 11.1 Å². The first kappa shape index (κ1) is 26.1. The molecule has 0 bridgehead atoms. The number of carbonyl (C=O) groups is 2. The second-order valence-corrected chi connectivity index (χ2v) is 8.46. The minimum Gasteiger partial charge on any atom is -0.345 e. The van der Waals surface area contributed by atoms with Crippen LogP contribution in [0.4, 0.5) is 8.78 Å². The molecule has 32 heavy (non-hydrogen) atoms. The Morgan fingerprint density at radius 2 is 2.09 bits per heavy atom. The number of amides is 1. The zero-order valence-electron chi connectivity index (χ0n) is 19.5. The number of alkyl halides is 2. The van der Waals surface area contributed by atoms with Gasteiger partial charge in [0.2, 0.25) is 5.91 Å². The summed E-state index contributed by atoms with van der Waals surface area (Å²) in [6.07, 6.45) is 1.62. The van der Waals surface area contributed by atoms with Crippen molar-refractivity contribution in [1.82, 2.24) is 20.5 Å². The molecule has 0 aliphatic carbocycles. The summed E-state index contributed by atoms with van der Waals surface area (Å²) in [5, 5.41) is 6.43. The molecule has 3 atom stereocenters. The van der Waals surface area contributed by atoms with Crippen LogP contribution < -0.4 is 21.5 Å². The van der Waals surface area contributed by atoms with Gasteiger partial charge in [-0.05, 0) is 25.7 Å². The van der Waals surface area contributed by atoms with E-state index in [0.717, 1.165) is 12.8 Å². The fraction of sp³-hybridized carbons (Fsp3) is 0.727. The molecule has 8 nitrogen and oxygen atoms in total. The van der Waals surface area contributed by atoms with E-state index in [-0.39, 0.29) is 49.2 Å². The van der Waals surface area contributed by atoms with Gasteiger partial charge in [0.15, 0.2) is 17.6 Å². The van der Waals surface area contributed by atoms with Gasteiger partial charge in [0, 0.05) is 31.7 Å². The molecule has 180 valence electrons. The van der Waals surface area contributed by atoms with E-state index in [2.05, 4.69) is 32.5 Å². The fourth-order valence-electron chi connectivity index (χ4n) is 3.57. The third kappa shape index (κ3) is 7.44. The van der Waals surface area contributed by atoms with E-state index >= 15 is 0 Å². The lowest BCUT2D eigenvalue weighted by molar-refractivity contribution is -0.133. The van der Waals surface area contributed by atoms with Crippen LogP contribution in [0.3, 0.4) is 0 Å². The molecule has 1 amide bonds. The monoisotopic (exact) mass is 454 g/mol. The summed E-state index contributed by atoms with van der Waals surface area (Å²) < 4.78 is 25.8. The highest BCUT2D eigenvalue weighted by Crippen LogP contribution is 2.06. The van der Waals surface area contributed by atoms with Crippen molar-refractivity contribution in [2.45, 2.75) is 65.0 Å². The zero-order valence-corrected chi connectivity index (χ0v) is 19.5. The molecule has 0 saturated heterocycles. The molecule has 0 fully saturated rings. The van der Waals surface area contributed by atoms with Crippen molar-refractivity contribution < 1.29 is 18.4 Å². The molecule has 1 aromatic rings. The van der Waals surface area contributed by atoms with Gasteiger partial charge in [-0.2, -0.15) is 0 Å². The number of H-pyrrole nitrogens is 1. The smallest absolute Gasteiger partial charge is 0.224 e. The number of nitrogens with one attached hydrogen (secondary N) is 3. The molecule has 0 saturated carbocycles. The average molecular weight is 455 g/mol. The highest BCUT2D eigenvalue weighted by molar-refractivity contribution is 5.97. The van der Waals surface area contributed by atoms with Crippen LogP contribution in [0.15, 0.2) is 16.2 Å². The lowest BCUT2D eigenvalue weighted by Crippen LogP contribution is -2.46. The molecule has 2 heterocycles. The van der Waals surface area contributed by atoms with Crippen LogP contribution in [-0.2, 0) is 4.79 Å². The normalized spacial score (nSPS) is 17.3. The van der Waals surface area contributed by atoms with Crippen molar-refractivity contribution in [3.63, 3.8) is 0 Å². The van der Waals surface area contributed by atoms with Gasteiger partial charge in [0.05, 0.1) is 25.3 Å². The quantitative estimate of drug-likeness (QED) is 0.291. The number of aromatic nitrogens is 1. The average Bonchev–Trinajstić information content (AvgIpc) is 3.21. The topological polar surface area (TPSA) is 102 Å². The van der Waals surface area contributed by atoms with E-state index in [0.29, 0.717) is 29.5 Å². The van der Waals surface area contributed by atoms with Gasteiger partial charge >= 0.3 is 0 Å². The van der Waals surface area contributed by atoms with Crippen LogP contribution in [0.5, 0.6) is 0 Å². The maximum atomic E-state index is 13.7. The maximum Gasteiger partial charge on any atom is 0.224 e. The molecule has 0 radical (unpaired) electrons. The largest absolute Gasteiger partial charge is 0.345 e. The lowest BCUT2D eigenvalue weighted by atomic mass is 10.1. The Hall–Kier alpha value is -2.20. The second kappa shape index (κ2) is 12.7. The van der Waals surface area contributed by atoms with Crippen molar-refractivity contribution in [1.29, 1.82) is 0 Å². The van der Waals surface area contributed by atoms with E-state index in [1.165, 1.54) is 0 Å². The summed E-state index contributed by atoms with van der Waals surface area (Å²) in [6, 6.07) is 0.144. The first-order valence-corrected chi connectivity index (χ1v) is 11.3. The van der Waals surface area contributed by atoms with Crippen LogP contribution in [0, 0.1) is 5.92 Å². The molecular weight excluding hydrogens is 418 g/mol. The third-order valence-electron chi connectivity index (χ3n) is 5.52. The first-order chi connectivity index (χ1) is 15.3. The number of halogens is 2. The number of rotatable bonds is 14. The van der Waals surface area contributed by atoms with Crippen molar-refractivity contribution in [3.05, 3.63) is 22.6 Å². The Morgan fingerprint density at radius 3 is 2.75 bits per heavy atom. The van der Waals surface area contributed by atoms with Crippen LogP contribution >= 0.6 is 0 Å². The Balaban J connectivity index is 1.98. The van der Waals surface area contributed by atoms with E-state index in [4.69, 9.17) is 0 Å². The first-order valence-electron chi connectivity index (χ1n) is 11.3. The Labute approximate surface area is 188 Å². The molecule has 3 N–H and O–H groups in total. The van der Waals surface area contributed by atoms with Crippen LogP contribution in [0.2, 0.25) is 0 Å². The molecule has 2 rings (SSSR count). The van der Waals surface area contributed by atoms with Crippen LogP contribution in [-0.4, -0.2) is 73.4 Å². The summed E-state index contributed by atoms with van der Waals surface area (Å²) in [7, 11) is 1.81. The number of aromatic amines is 1. The molecule has 10 heteroatoms. The third-order valence-corrected chi connectivity index (χ3v) is 5.52. The van der Waals surface area contributed by atoms with Crippen LogP contribution in [0.1, 0.15) is 56.8 Å². The zero-order chi connectivity index (χ0) is 23.7. The van der Waals surface area contributed by atoms with Gasteiger partial charge in [0.25, 0.3) is 0 Å². The van der Waals surface area contributed by atoms with Crippen molar-refractivity contribution in [2.24, 2.45) is 15.9 Å². The molecule has 1 aliphatic heterocycles. The standard InChI is InChI=1S/C22H36F2N6O2/c1-5-15(8-10-30(4)22(32)14(2)3)28-19-13-27-21-20(29-19)16(11-26-21)17(31)12-25-18(24)7-6-9-23/h11,14-15,18-19,25,28H,5-10,12-13H2,1-4H3,(H,26,27). The Kier molecular flexibility index (Phi) is 10.4. The number of carbonyl (C=O) groups excluding carboxylic acids is 2. The SMILES string of the molecule is CCC(CCN(C)C(=O)C(C)C)NC1CN=c2[nH]cc(C(=O)CNC(F)CCCF)c2=N1. The predicted molar refractivity (Wildman–Crippen MR) is 119 cm³/mol. The summed E-state index contributed by atoms with van der Waals surface area (Å²) in [5.41, 5.74) is 0.895. The number of fused-ring (bicyclic) bond motifs is 1. The van der Waals surface area contributed by atoms with E-state index in [1.807, 2.05) is 20.9 Å². The van der Waals surface area contributed by atoms with E-state index < -0.39 is 13.0 Å². The number of nitrogens with zero attached hydrogens (tertiary/aromatic N) is 3. The van der Waals surface area contributed by atoms with Gasteiger partial charge in [-0.1, -0.05) is 20.8 Å². The highest BCUT2D eigenvalue weighted by Gasteiger charge is 2.21. The number of hydrogen-bond acceptors (Lipinski definition) is 6. The highest BCUT2D eigenvalue weighted by atomic mass is 19.1. The number of hydrogen-bond donors (Lipinski definition) is 3. The summed E-state index contributed by atoms with van der Waals surface area (Å²) in [6.45, 7) is 6.14. The predicted octanol–water partition coefficient (Wildman–Crippen LogP) is 1.28.